The normalized spacial score (nSPS) is 11.4. The molecule has 0 bridgehead atoms. The number of benzene rings is 2. The van der Waals surface area contributed by atoms with Crippen molar-refractivity contribution in [2.75, 3.05) is 5.32 Å². The Bertz CT molecular complexity index is 624. The van der Waals surface area contributed by atoms with Crippen molar-refractivity contribution in [1.82, 2.24) is 0 Å². The number of oxime groups is 1. The minimum absolute atomic E-state index is 0.0647. The molecule has 0 aliphatic carbocycles. The van der Waals surface area contributed by atoms with E-state index in [0.717, 1.165) is 16.8 Å². The molecule has 0 heterocycles. The summed E-state index contributed by atoms with van der Waals surface area (Å²) in [5.41, 5.74) is 9.11. The summed E-state index contributed by atoms with van der Waals surface area (Å²) in [5.74, 6) is -0.186. The van der Waals surface area contributed by atoms with Gasteiger partial charge in [0.1, 0.15) is 5.82 Å². The number of halogens is 1. The Morgan fingerprint density at radius 3 is 2.60 bits per heavy atom. The number of nitrogens with two attached hydrogens (primary N) is 1. The molecule has 0 saturated heterocycles. The van der Waals surface area contributed by atoms with E-state index in [-0.39, 0.29) is 11.7 Å². The lowest BCUT2D eigenvalue weighted by molar-refractivity contribution is 0.318. The average molecular weight is 273 g/mol. The number of nitrogens with one attached hydrogen (secondary N) is 1. The zero-order valence-electron chi connectivity index (χ0n) is 11.1. The summed E-state index contributed by atoms with van der Waals surface area (Å²) in [6.45, 7) is 2.53. The Kier molecular flexibility index (Phi) is 4.20. The van der Waals surface area contributed by atoms with Crippen LogP contribution in [0.2, 0.25) is 0 Å². The molecule has 0 amide bonds. The highest BCUT2D eigenvalue weighted by Crippen LogP contribution is 2.18. The van der Waals surface area contributed by atoms with Gasteiger partial charge in [0.25, 0.3) is 0 Å². The van der Waals surface area contributed by atoms with Crippen LogP contribution in [0, 0.1) is 12.7 Å². The fourth-order valence-electron chi connectivity index (χ4n) is 1.83. The molecule has 0 saturated carbocycles. The van der Waals surface area contributed by atoms with Gasteiger partial charge in [0, 0.05) is 17.8 Å². The second-order valence-electron chi connectivity index (χ2n) is 4.49. The van der Waals surface area contributed by atoms with E-state index in [1.54, 1.807) is 18.2 Å². The summed E-state index contributed by atoms with van der Waals surface area (Å²) < 4.78 is 12.8. The zero-order chi connectivity index (χ0) is 14.5. The number of rotatable bonds is 4. The number of anilines is 1. The van der Waals surface area contributed by atoms with E-state index in [1.807, 2.05) is 19.1 Å². The van der Waals surface area contributed by atoms with Gasteiger partial charge in [0.2, 0.25) is 0 Å². The van der Waals surface area contributed by atoms with E-state index in [1.165, 1.54) is 12.1 Å². The molecule has 0 radical (unpaired) electrons. The molecule has 0 unspecified atom stereocenters. The maximum atomic E-state index is 12.8. The predicted octanol–water partition coefficient (Wildman–Crippen LogP) is 2.84. The topological polar surface area (TPSA) is 70.6 Å². The summed E-state index contributed by atoms with van der Waals surface area (Å²) in [6, 6.07) is 11.8. The van der Waals surface area contributed by atoms with Crippen molar-refractivity contribution in [3.63, 3.8) is 0 Å². The molecule has 5 heteroatoms. The van der Waals surface area contributed by atoms with Crippen LogP contribution in [0.4, 0.5) is 10.1 Å². The van der Waals surface area contributed by atoms with Gasteiger partial charge in [-0.3, -0.25) is 0 Å². The minimum atomic E-state index is -0.251. The quantitative estimate of drug-likeness (QED) is 0.347. The molecule has 0 aromatic heterocycles. The predicted molar refractivity (Wildman–Crippen MR) is 77.4 cm³/mol. The highest BCUT2D eigenvalue weighted by atomic mass is 19.1. The first-order valence-corrected chi connectivity index (χ1v) is 6.17. The second-order valence-corrected chi connectivity index (χ2v) is 4.49. The molecule has 0 atom stereocenters. The molecular formula is C15H16FN3O. The molecule has 4 nitrogen and oxygen atoms in total. The van der Waals surface area contributed by atoms with Crippen LogP contribution in [0.25, 0.3) is 0 Å². The lowest BCUT2D eigenvalue weighted by Crippen LogP contribution is -2.13. The van der Waals surface area contributed by atoms with Crippen molar-refractivity contribution >= 4 is 11.5 Å². The lowest BCUT2D eigenvalue weighted by atomic mass is 10.1. The van der Waals surface area contributed by atoms with E-state index in [9.17, 15) is 4.39 Å². The fraction of sp³-hybridized carbons (Fsp3) is 0.133. The summed E-state index contributed by atoms with van der Waals surface area (Å²) in [6.07, 6.45) is 0. The second kappa shape index (κ2) is 6.06. The number of nitrogens with zero attached hydrogens (tertiary/aromatic N) is 1. The first kappa shape index (κ1) is 13.9. The standard InChI is InChI=1S/C15H16FN3O/c1-10-2-5-12(15(17)19-20)8-14(10)18-9-11-3-6-13(16)7-4-11/h2-8,18,20H,9H2,1H3,(H2,17,19). The molecule has 4 N–H and O–H groups in total. The monoisotopic (exact) mass is 273 g/mol. The SMILES string of the molecule is Cc1ccc(C(N)=NO)cc1NCc1ccc(F)cc1. The molecule has 0 spiro atoms. The average Bonchev–Trinajstić information content (AvgIpc) is 2.47. The minimum Gasteiger partial charge on any atom is -0.409 e. The van der Waals surface area contributed by atoms with Gasteiger partial charge in [-0.05, 0) is 36.2 Å². The summed E-state index contributed by atoms with van der Waals surface area (Å²) in [7, 11) is 0. The zero-order valence-corrected chi connectivity index (χ0v) is 11.1. The maximum absolute atomic E-state index is 12.8. The van der Waals surface area contributed by atoms with Crippen LogP contribution >= 0.6 is 0 Å². The van der Waals surface area contributed by atoms with E-state index >= 15 is 0 Å². The highest BCUT2D eigenvalue weighted by molar-refractivity contribution is 5.98. The number of hydrogen-bond acceptors (Lipinski definition) is 3. The van der Waals surface area contributed by atoms with Crippen molar-refractivity contribution in [3.05, 3.63) is 65.0 Å². The van der Waals surface area contributed by atoms with E-state index < -0.39 is 0 Å². The Morgan fingerprint density at radius 1 is 1.25 bits per heavy atom. The summed E-state index contributed by atoms with van der Waals surface area (Å²) >= 11 is 0. The number of aryl methyl sites for hydroxylation is 1. The maximum Gasteiger partial charge on any atom is 0.170 e. The van der Waals surface area contributed by atoms with Crippen molar-refractivity contribution < 1.29 is 9.60 Å². The van der Waals surface area contributed by atoms with Gasteiger partial charge in [-0.15, -0.1) is 0 Å². The van der Waals surface area contributed by atoms with Crippen LogP contribution in [0.1, 0.15) is 16.7 Å². The highest BCUT2D eigenvalue weighted by Gasteiger charge is 2.04. The van der Waals surface area contributed by atoms with Crippen molar-refractivity contribution in [2.24, 2.45) is 10.9 Å². The summed E-state index contributed by atoms with van der Waals surface area (Å²) in [5, 5.41) is 14.9. The lowest BCUT2D eigenvalue weighted by Gasteiger charge is -2.11. The Balaban J connectivity index is 2.14. The molecule has 0 aliphatic rings. The third kappa shape index (κ3) is 3.26. The van der Waals surface area contributed by atoms with Crippen molar-refractivity contribution in [1.29, 1.82) is 0 Å². The van der Waals surface area contributed by atoms with Crippen molar-refractivity contribution in [3.8, 4) is 0 Å². The Morgan fingerprint density at radius 2 is 1.95 bits per heavy atom. The van der Waals surface area contributed by atoms with Crippen LogP contribution < -0.4 is 11.1 Å². The smallest absolute Gasteiger partial charge is 0.170 e. The molecule has 2 aromatic carbocycles. The van der Waals surface area contributed by atoms with Crippen LogP contribution in [0.5, 0.6) is 0 Å². The van der Waals surface area contributed by atoms with Gasteiger partial charge in [0.05, 0.1) is 0 Å². The molecule has 0 aliphatic heterocycles. The third-order valence-corrected chi connectivity index (χ3v) is 3.04. The molecule has 2 rings (SSSR count). The first-order valence-electron chi connectivity index (χ1n) is 6.17. The Hall–Kier alpha value is -2.56. The van der Waals surface area contributed by atoms with Crippen molar-refractivity contribution in [2.45, 2.75) is 13.5 Å². The van der Waals surface area contributed by atoms with E-state index in [0.29, 0.717) is 12.1 Å². The van der Waals surface area contributed by atoms with Gasteiger partial charge in [-0.1, -0.05) is 29.4 Å². The third-order valence-electron chi connectivity index (χ3n) is 3.04. The van der Waals surface area contributed by atoms with Crippen LogP contribution in [-0.4, -0.2) is 11.0 Å². The molecule has 2 aromatic rings. The number of hydrogen-bond donors (Lipinski definition) is 3. The molecule has 0 fully saturated rings. The van der Waals surface area contributed by atoms with Crippen LogP contribution in [0.3, 0.4) is 0 Å². The van der Waals surface area contributed by atoms with Gasteiger partial charge in [-0.2, -0.15) is 0 Å². The molecule has 104 valence electrons. The molecular weight excluding hydrogens is 257 g/mol. The van der Waals surface area contributed by atoms with E-state index in [2.05, 4.69) is 10.5 Å². The van der Waals surface area contributed by atoms with Gasteiger partial charge >= 0.3 is 0 Å². The fourth-order valence-corrected chi connectivity index (χ4v) is 1.83. The van der Waals surface area contributed by atoms with E-state index in [4.69, 9.17) is 10.9 Å². The van der Waals surface area contributed by atoms with Gasteiger partial charge in [-0.25, -0.2) is 4.39 Å². The molecule has 20 heavy (non-hydrogen) atoms. The Labute approximate surface area is 116 Å². The van der Waals surface area contributed by atoms with Crippen LogP contribution in [0.15, 0.2) is 47.6 Å². The largest absolute Gasteiger partial charge is 0.409 e. The van der Waals surface area contributed by atoms with Gasteiger partial charge in [0.15, 0.2) is 5.84 Å². The van der Waals surface area contributed by atoms with Crippen LogP contribution in [-0.2, 0) is 6.54 Å². The summed E-state index contributed by atoms with van der Waals surface area (Å²) in [4.78, 5) is 0. The van der Waals surface area contributed by atoms with Gasteiger partial charge < -0.3 is 16.3 Å². The first-order chi connectivity index (χ1) is 9.60. The number of amidine groups is 1.